The molecule has 9 heteroatoms. The minimum atomic E-state index is -1.52. The largest absolute Gasteiger partial charge is 0.477 e. The van der Waals surface area contributed by atoms with E-state index in [0.717, 1.165) is 128 Å². The smallest absolute Gasteiger partial charge is 0.361 e. The molecule has 0 heterocycles. The van der Waals surface area contributed by atoms with Gasteiger partial charge in [-0.2, -0.15) is 0 Å². The van der Waals surface area contributed by atoms with E-state index >= 15 is 0 Å². The summed E-state index contributed by atoms with van der Waals surface area (Å²) in [5, 5.41) is 9.68. The minimum Gasteiger partial charge on any atom is -0.477 e. The molecule has 0 aromatic heterocycles. The lowest BCUT2D eigenvalue weighted by molar-refractivity contribution is -0.870. The van der Waals surface area contributed by atoms with Crippen molar-refractivity contribution >= 4 is 17.9 Å². The van der Waals surface area contributed by atoms with Gasteiger partial charge in [0.05, 0.1) is 34.4 Å². The maximum atomic E-state index is 12.8. The van der Waals surface area contributed by atoms with Crippen molar-refractivity contribution in [2.45, 2.75) is 193 Å². The van der Waals surface area contributed by atoms with Crippen LogP contribution >= 0.6 is 0 Å². The van der Waals surface area contributed by atoms with Gasteiger partial charge in [-0.15, -0.1) is 0 Å². The molecule has 0 aliphatic heterocycles. The highest BCUT2D eigenvalue weighted by Crippen LogP contribution is 2.13. The SMILES string of the molecule is CC/C=C\C/C=C\C/C=C\C/C=C\C/C=C\C/C=C\C/C=C\CCCCCCCCCC(=O)OC(COC(=O)CCCCCCC/C=C\C/C=C\C/C=C\CC)COC(OCC[N+](C)(C)C)C(=O)O. The number of aliphatic carboxylic acids is 1. The standard InChI is InChI=1S/C60H97NO8/c1-6-8-10-12-14-16-18-20-22-23-24-25-26-27-28-29-30-31-32-33-34-35-37-39-41-43-45-47-49-51-58(63)69-56(55-68-60(59(64)65)66-53-52-61(3,4)5)54-67-57(62)50-48-46-44-42-40-38-36-21-19-17-15-13-11-9-7-2/h8-11,14-17,20-22,24-25,27-28,30-31,33-34,36,56,60H,6-7,12-13,18-19,23,26,29,32,35,37-55H2,1-5H3/p+1/b10-8-,11-9-,16-14-,17-15-,22-20-,25-24-,28-27-,31-30-,34-33-,36-21-. The van der Waals surface area contributed by atoms with E-state index in [2.05, 4.69) is 135 Å². The lowest BCUT2D eigenvalue weighted by Gasteiger charge is -2.25. The molecular weight excluding hydrogens is 863 g/mol. The Morgan fingerprint density at radius 3 is 1.16 bits per heavy atom. The molecular formula is C60H98NO8+. The Kier molecular flexibility index (Phi) is 47.0. The summed E-state index contributed by atoms with van der Waals surface area (Å²) in [6, 6.07) is 0. The summed E-state index contributed by atoms with van der Waals surface area (Å²) in [5.74, 6) is -2.06. The van der Waals surface area contributed by atoms with E-state index in [1.807, 2.05) is 21.1 Å². The van der Waals surface area contributed by atoms with Gasteiger partial charge in [-0.05, 0) is 103 Å². The molecule has 0 aromatic carbocycles. The molecule has 0 aliphatic carbocycles. The fraction of sp³-hybridized carbons (Fsp3) is 0.617. The number of hydrogen-bond donors (Lipinski definition) is 1. The predicted molar refractivity (Wildman–Crippen MR) is 290 cm³/mol. The van der Waals surface area contributed by atoms with Gasteiger partial charge in [0.15, 0.2) is 6.10 Å². The minimum absolute atomic E-state index is 0.175. The van der Waals surface area contributed by atoms with Crippen LogP contribution in [0.5, 0.6) is 0 Å². The van der Waals surface area contributed by atoms with Crippen LogP contribution in [0.15, 0.2) is 122 Å². The third-order valence-electron chi connectivity index (χ3n) is 10.7. The molecule has 0 spiro atoms. The quantitative estimate of drug-likeness (QED) is 0.0211. The van der Waals surface area contributed by atoms with Crippen molar-refractivity contribution < 1.29 is 42.9 Å². The second kappa shape index (κ2) is 50.1. The maximum absolute atomic E-state index is 12.8. The van der Waals surface area contributed by atoms with Gasteiger partial charge in [-0.1, -0.05) is 187 Å². The Hall–Kier alpha value is -4.31. The van der Waals surface area contributed by atoms with Crippen molar-refractivity contribution in [3.8, 4) is 0 Å². The molecule has 9 nitrogen and oxygen atoms in total. The summed E-state index contributed by atoms with van der Waals surface area (Å²) in [7, 11) is 5.94. The summed E-state index contributed by atoms with van der Waals surface area (Å²) in [5.41, 5.74) is 0. The van der Waals surface area contributed by atoms with Crippen LogP contribution in [0.3, 0.4) is 0 Å². The fourth-order valence-electron chi connectivity index (χ4n) is 6.65. The molecule has 2 atom stereocenters. The van der Waals surface area contributed by atoms with Crippen LogP contribution in [0.2, 0.25) is 0 Å². The number of allylic oxidation sites excluding steroid dienone is 20. The lowest BCUT2D eigenvalue weighted by Crippen LogP contribution is -2.40. The highest BCUT2D eigenvalue weighted by molar-refractivity contribution is 5.71. The van der Waals surface area contributed by atoms with E-state index in [4.69, 9.17) is 18.9 Å². The van der Waals surface area contributed by atoms with Crippen molar-refractivity contribution in [3.63, 3.8) is 0 Å². The van der Waals surface area contributed by atoms with E-state index in [9.17, 15) is 19.5 Å². The van der Waals surface area contributed by atoms with Gasteiger partial charge in [0.25, 0.3) is 6.29 Å². The zero-order chi connectivity index (χ0) is 50.6. The van der Waals surface area contributed by atoms with Gasteiger partial charge in [-0.25, -0.2) is 4.79 Å². The second-order valence-electron chi connectivity index (χ2n) is 18.4. The number of nitrogens with zero attached hydrogens (tertiary/aromatic N) is 1. The molecule has 0 saturated heterocycles. The molecule has 0 bridgehead atoms. The van der Waals surface area contributed by atoms with Crippen molar-refractivity contribution in [1.82, 2.24) is 0 Å². The van der Waals surface area contributed by atoms with E-state index in [-0.39, 0.29) is 38.6 Å². The molecule has 0 aromatic rings. The normalized spacial score (nSPS) is 13.8. The molecule has 0 fully saturated rings. The van der Waals surface area contributed by atoms with Crippen LogP contribution in [0.25, 0.3) is 0 Å². The van der Waals surface area contributed by atoms with Crippen molar-refractivity contribution in [3.05, 3.63) is 122 Å². The molecule has 0 radical (unpaired) electrons. The predicted octanol–water partition coefficient (Wildman–Crippen LogP) is 15.3. The van der Waals surface area contributed by atoms with Crippen LogP contribution in [0, 0.1) is 0 Å². The van der Waals surface area contributed by atoms with E-state index < -0.39 is 24.3 Å². The number of carboxylic acids is 1. The average molecular weight is 961 g/mol. The van der Waals surface area contributed by atoms with E-state index in [0.29, 0.717) is 17.4 Å². The van der Waals surface area contributed by atoms with Gasteiger partial charge in [0.2, 0.25) is 0 Å². The molecule has 1 N–H and O–H groups in total. The van der Waals surface area contributed by atoms with Gasteiger partial charge in [0.1, 0.15) is 13.2 Å². The Labute approximate surface area is 421 Å². The summed E-state index contributed by atoms with van der Waals surface area (Å²) >= 11 is 0. The molecule has 0 amide bonds. The summed E-state index contributed by atoms with van der Waals surface area (Å²) in [6.45, 7) is 4.59. The van der Waals surface area contributed by atoms with E-state index in [1.165, 1.54) is 19.3 Å². The Morgan fingerprint density at radius 2 is 0.783 bits per heavy atom. The second-order valence-corrected chi connectivity index (χ2v) is 18.4. The van der Waals surface area contributed by atoms with Crippen LogP contribution in [0.1, 0.15) is 181 Å². The first kappa shape index (κ1) is 64.7. The zero-order valence-corrected chi connectivity index (χ0v) is 44.2. The van der Waals surface area contributed by atoms with Gasteiger partial charge in [-0.3, -0.25) is 9.59 Å². The first-order chi connectivity index (χ1) is 33.6. The molecule has 0 aliphatic rings. The molecule has 2 unspecified atom stereocenters. The average Bonchev–Trinajstić information content (AvgIpc) is 3.31. The number of carbonyl (C=O) groups is 3. The van der Waals surface area contributed by atoms with Crippen molar-refractivity contribution in [2.75, 3.05) is 47.5 Å². The fourth-order valence-corrected chi connectivity index (χ4v) is 6.65. The molecule has 390 valence electrons. The topological polar surface area (TPSA) is 108 Å². The third kappa shape index (κ3) is 51.4. The van der Waals surface area contributed by atoms with Crippen LogP contribution < -0.4 is 0 Å². The third-order valence-corrected chi connectivity index (χ3v) is 10.7. The van der Waals surface area contributed by atoms with E-state index in [1.54, 1.807) is 0 Å². The summed E-state index contributed by atoms with van der Waals surface area (Å²) < 4.78 is 22.8. The van der Waals surface area contributed by atoms with Crippen molar-refractivity contribution in [1.29, 1.82) is 0 Å². The van der Waals surface area contributed by atoms with Crippen LogP contribution in [-0.4, -0.2) is 87.4 Å². The monoisotopic (exact) mass is 961 g/mol. The summed E-state index contributed by atoms with van der Waals surface area (Å²) in [4.78, 5) is 37.3. The Balaban J connectivity index is 4.35. The van der Waals surface area contributed by atoms with Gasteiger partial charge < -0.3 is 28.5 Å². The molecule has 69 heavy (non-hydrogen) atoms. The number of quaternary nitrogens is 1. The Morgan fingerprint density at radius 1 is 0.435 bits per heavy atom. The van der Waals surface area contributed by atoms with Crippen LogP contribution in [-0.2, 0) is 33.3 Å². The number of hydrogen-bond acceptors (Lipinski definition) is 7. The lowest BCUT2D eigenvalue weighted by atomic mass is 10.1. The number of esters is 2. The Bertz CT molecular complexity index is 1540. The number of unbranched alkanes of at least 4 members (excludes halogenated alkanes) is 12. The first-order valence-corrected chi connectivity index (χ1v) is 26.7. The number of rotatable bonds is 47. The molecule has 0 saturated carbocycles. The number of ether oxygens (including phenoxy) is 4. The van der Waals surface area contributed by atoms with Gasteiger partial charge >= 0.3 is 17.9 Å². The van der Waals surface area contributed by atoms with Gasteiger partial charge in [0, 0.05) is 12.8 Å². The maximum Gasteiger partial charge on any atom is 0.361 e. The van der Waals surface area contributed by atoms with Crippen LogP contribution in [0.4, 0.5) is 0 Å². The van der Waals surface area contributed by atoms with Crippen molar-refractivity contribution in [2.24, 2.45) is 0 Å². The molecule has 0 rings (SSSR count). The first-order valence-electron chi connectivity index (χ1n) is 26.7. The number of carbonyl (C=O) groups excluding carboxylic acids is 2. The highest BCUT2D eigenvalue weighted by atomic mass is 16.7. The zero-order valence-electron chi connectivity index (χ0n) is 44.2. The highest BCUT2D eigenvalue weighted by Gasteiger charge is 2.25. The summed E-state index contributed by atoms with van der Waals surface area (Å²) in [6.07, 6.45) is 66.9. The number of carboxylic acid groups (broad SMARTS) is 1. The number of likely N-dealkylation sites (N-methyl/N-ethyl adjacent to an activating group) is 1.